The van der Waals surface area contributed by atoms with Crippen LogP contribution in [0.2, 0.25) is 0 Å². The zero-order valence-electron chi connectivity index (χ0n) is 17.0. The van der Waals surface area contributed by atoms with Gasteiger partial charge < -0.3 is 20.3 Å². The second kappa shape index (κ2) is 13.4. The maximum absolute atomic E-state index is 11.8. The predicted molar refractivity (Wildman–Crippen MR) is 119 cm³/mol. The van der Waals surface area contributed by atoms with Crippen molar-refractivity contribution in [3.8, 4) is 0 Å². The highest BCUT2D eigenvalue weighted by molar-refractivity contribution is 14.0. The van der Waals surface area contributed by atoms with Crippen molar-refractivity contribution >= 4 is 35.8 Å². The Labute approximate surface area is 176 Å². The number of ether oxygens (including phenoxy) is 1. The molecule has 26 heavy (non-hydrogen) atoms. The van der Waals surface area contributed by atoms with E-state index in [1.165, 1.54) is 0 Å². The van der Waals surface area contributed by atoms with Crippen molar-refractivity contribution in [2.45, 2.75) is 58.6 Å². The van der Waals surface area contributed by atoms with Crippen molar-refractivity contribution in [1.29, 1.82) is 0 Å². The summed E-state index contributed by atoms with van der Waals surface area (Å²) in [6, 6.07) is 0.310. The third kappa shape index (κ3) is 9.21. The lowest BCUT2D eigenvalue weighted by molar-refractivity contribution is -0.127. The third-order valence-electron chi connectivity index (χ3n) is 4.66. The molecule has 0 spiro atoms. The van der Waals surface area contributed by atoms with E-state index in [4.69, 9.17) is 4.74 Å². The van der Waals surface area contributed by atoms with Crippen LogP contribution in [-0.4, -0.2) is 62.7 Å². The lowest BCUT2D eigenvalue weighted by atomic mass is 9.89. The molecule has 152 valence electrons. The topological polar surface area (TPSA) is 66.0 Å². The first-order valence-electron chi connectivity index (χ1n) is 9.38. The second-order valence-electron chi connectivity index (χ2n) is 7.12. The van der Waals surface area contributed by atoms with Crippen molar-refractivity contribution in [2.75, 3.05) is 33.8 Å². The van der Waals surface area contributed by atoms with Crippen LogP contribution in [-0.2, 0) is 9.53 Å². The molecule has 0 saturated carbocycles. The number of nitrogens with zero attached hydrogens (tertiary/aromatic N) is 2. The molecule has 2 atom stereocenters. The molecule has 6 nitrogen and oxygen atoms in total. The average Bonchev–Trinajstić information content (AvgIpc) is 2.58. The number of rotatable bonds is 8. The van der Waals surface area contributed by atoms with E-state index in [2.05, 4.69) is 36.1 Å². The minimum absolute atomic E-state index is 0. The van der Waals surface area contributed by atoms with Crippen molar-refractivity contribution in [1.82, 2.24) is 15.5 Å². The van der Waals surface area contributed by atoms with Gasteiger partial charge in [-0.1, -0.05) is 38.8 Å². The average molecular weight is 480 g/mol. The van der Waals surface area contributed by atoms with Crippen molar-refractivity contribution < 1.29 is 9.53 Å². The van der Waals surface area contributed by atoms with Gasteiger partial charge in [-0.25, -0.2) is 4.99 Å². The summed E-state index contributed by atoms with van der Waals surface area (Å²) in [4.78, 5) is 17.8. The van der Waals surface area contributed by atoms with Crippen molar-refractivity contribution in [3.63, 3.8) is 0 Å². The predicted octanol–water partition coefficient (Wildman–Crippen LogP) is 2.79. The van der Waals surface area contributed by atoms with E-state index in [-0.39, 0.29) is 36.4 Å². The highest BCUT2D eigenvalue weighted by atomic mass is 127. The Bertz CT molecular complexity index is 464. The lowest BCUT2D eigenvalue weighted by Crippen LogP contribution is -2.49. The number of halogens is 1. The summed E-state index contributed by atoms with van der Waals surface area (Å²) in [5.74, 6) is 1.26. The normalized spacial score (nSPS) is 20.3. The number of aliphatic imine (C=N–C) groups is 1. The Hall–Kier alpha value is -0.830. The van der Waals surface area contributed by atoms with Gasteiger partial charge in [0.1, 0.15) is 6.54 Å². The van der Waals surface area contributed by atoms with E-state index in [9.17, 15) is 4.79 Å². The zero-order valence-corrected chi connectivity index (χ0v) is 19.3. The number of amides is 1. The van der Waals surface area contributed by atoms with Crippen LogP contribution < -0.4 is 10.6 Å². The number of nitrogens with one attached hydrogen (secondary N) is 2. The summed E-state index contributed by atoms with van der Waals surface area (Å²) in [7, 11) is 3.48. The lowest BCUT2D eigenvalue weighted by Gasteiger charge is -2.35. The molecule has 0 radical (unpaired) electrons. The molecule has 0 aliphatic carbocycles. The molecule has 2 N–H and O–H groups in total. The molecule has 1 fully saturated rings. The van der Waals surface area contributed by atoms with Crippen LogP contribution in [0.3, 0.4) is 0 Å². The molecular formula is C19H37IN4O2. The number of guanidine groups is 1. The Morgan fingerprint density at radius 1 is 1.35 bits per heavy atom. The Balaban J connectivity index is 0.00000625. The summed E-state index contributed by atoms with van der Waals surface area (Å²) >= 11 is 0. The quantitative estimate of drug-likeness (QED) is 0.243. The van der Waals surface area contributed by atoms with Crippen LogP contribution in [0.4, 0.5) is 0 Å². The van der Waals surface area contributed by atoms with Gasteiger partial charge in [-0.2, -0.15) is 0 Å². The van der Waals surface area contributed by atoms with E-state index in [0.717, 1.165) is 37.9 Å². The number of hydrogen-bond acceptors (Lipinski definition) is 3. The third-order valence-corrected chi connectivity index (χ3v) is 4.66. The molecular weight excluding hydrogens is 443 g/mol. The first-order valence-corrected chi connectivity index (χ1v) is 9.38. The SMILES string of the molecule is C=C(C)CNC(=NCC(=O)N(C)C)NC1CCOC(C(CC)CC)C1.I. The van der Waals surface area contributed by atoms with Gasteiger partial charge in [-0.3, -0.25) is 4.79 Å². The summed E-state index contributed by atoms with van der Waals surface area (Å²) in [6.07, 6.45) is 4.50. The molecule has 1 rings (SSSR count). The summed E-state index contributed by atoms with van der Waals surface area (Å²) < 4.78 is 5.99. The maximum Gasteiger partial charge on any atom is 0.243 e. The van der Waals surface area contributed by atoms with Gasteiger partial charge in [0.05, 0.1) is 6.10 Å². The fourth-order valence-corrected chi connectivity index (χ4v) is 2.97. The maximum atomic E-state index is 11.8. The number of likely N-dealkylation sites (N-methyl/N-ethyl adjacent to an activating group) is 1. The van der Waals surface area contributed by atoms with Crippen LogP contribution in [0.25, 0.3) is 0 Å². The molecule has 1 heterocycles. The van der Waals surface area contributed by atoms with E-state index in [1.54, 1.807) is 19.0 Å². The van der Waals surface area contributed by atoms with E-state index < -0.39 is 0 Å². The first-order chi connectivity index (χ1) is 11.9. The van der Waals surface area contributed by atoms with Crippen molar-refractivity contribution in [3.05, 3.63) is 12.2 Å². The molecule has 0 bridgehead atoms. The van der Waals surface area contributed by atoms with Gasteiger partial charge in [0.2, 0.25) is 5.91 Å². The van der Waals surface area contributed by atoms with Crippen LogP contribution >= 0.6 is 24.0 Å². The van der Waals surface area contributed by atoms with Crippen LogP contribution in [0, 0.1) is 5.92 Å². The molecule has 1 saturated heterocycles. The second-order valence-corrected chi connectivity index (χ2v) is 7.12. The minimum atomic E-state index is -0.0155. The van der Waals surface area contributed by atoms with E-state index in [0.29, 0.717) is 30.6 Å². The zero-order chi connectivity index (χ0) is 18.8. The Kier molecular flexibility index (Phi) is 12.9. The molecule has 1 amide bonds. The monoisotopic (exact) mass is 480 g/mol. The van der Waals surface area contributed by atoms with Gasteiger partial charge in [0.25, 0.3) is 0 Å². The van der Waals surface area contributed by atoms with Crippen LogP contribution in [0.1, 0.15) is 46.5 Å². The summed E-state index contributed by atoms with van der Waals surface area (Å²) in [5.41, 5.74) is 1.02. The molecule has 1 aliphatic rings. The van der Waals surface area contributed by atoms with Gasteiger partial charge in [-0.05, 0) is 25.7 Å². The fourth-order valence-electron chi connectivity index (χ4n) is 2.97. The van der Waals surface area contributed by atoms with Gasteiger partial charge in [0, 0.05) is 33.3 Å². The minimum Gasteiger partial charge on any atom is -0.378 e. The largest absolute Gasteiger partial charge is 0.378 e. The van der Waals surface area contributed by atoms with E-state index in [1.807, 2.05) is 6.92 Å². The standard InChI is InChI=1S/C19H36N4O2.HI/c1-7-15(8-2)17-11-16(9-10-25-17)22-19(20-12-14(3)4)21-13-18(24)23(5)6;/h15-17H,3,7-13H2,1-2,4-6H3,(H2,20,21,22);1H. The molecule has 1 aliphatic heterocycles. The molecule has 0 aromatic heterocycles. The number of carbonyl (C=O) groups excluding carboxylic acids is 1. The number of carbonyl (C=O) groups is 1. The van der Waals surface area contributed by atoms with E-state index >= 15 is 0 Å². The molecule has 0 aromatic carbocycles. The Morgan fingerprint density at radius 2 is 2.00 bits per heavy atom. The molecule has 2 unspecified atom stereocenters. The van der Waals surface area contributed by atoms with Gasteiger partial charge in [0.15, 0.2) is 5.96 Å². The van der Waals surface area contributed by atoms with Gasteiger partial charge in [-0.15, -0.1) is 24.0 Å². The first kappa shape index (κ1) is 25.2. The van der Waals surface area contributed by atoms with Crippen LogP contribution in [0.5, 0.6) is 0 Å². The highest BCUT2D eigenvalue weighted by Gasteiger charge is 2.28. The fraction of sp³-hybridized carbons (Fsp3) is 0.789. The number of hydrogen-bond donors (Lipinski definition) is 2. The smallest absolute Gasteiger partial charge is 0.243 e. The molecule has 7 heteroatoms. The summed E-state index contributed by atoms with van der Waals surface area (Å²) in [5, 5.41) is 6.75. The van der Waals surface area contributed by atoms with Crippen molar-refractivity contribution in [2.24, 2.45) is 10.9 Å². The van der Waals surface area contributed by atoms with Gasteiger partial charge >= 0.3 is 0 Å². The molecule has 0 aromatic rings. The Morgan fingerprint density at radius 3 is 2.54 bits per heavy atom. The highest BCUT2D eigenvalue weighted by Crippen LogP contribution is 2.25. The van der Waals surface area contributed by atoms with Crippen LogP contribution in [0.15, 0.2) is 17.1 Å². The summed E-state index contributed by atoms with van der Waals surface area (Å²) in [6.45, 7) is 11.9.